The summed E-state index contributed by atoms with van der Waals surface area (Å²) in [7, 11) is 1.76. The van der Waals surface area contributed by atoms with E-state index in [9.17, 15) is 9.59 Å². The van der Waals surface area contributed by atoms with Crippen LogP contribution in [0.1, 0.15) is 27.7 Å². The van der Waals surface area contributed by atoms with Gasteiger partial charge in [0.1, 0.15) is 5.69 Å². The molecular weight excluding hydrogens is 302 g/mol. The minimum Gasteiger partial charge on any atom is -0.329 e. The first-order valence-corrected chi connectivity index (χ1v) is 7.68. The smallest absolute Gasteiger partial charge is 0.274 e. The quantitative estimate of drug-likeness (QED) is 0.790. The fourth-order valence-electron chi connectivity index (χ4n) is 3.31. The van der Waals surface area contributed by atoms with Crippen molar-refractivity contribution in [3.05, 3.63) is 87.8 Å². The van der Waals surface area contributed by atoms with Crippen LogP contribution in [0.4, 0.5) is 0 Å². The van der Waals surface area contributed by atoms with Crippen molar-refractivity contribution < 1.29 is 4.79 Å². The van der Waals surface area contributed by atoms with E-state index in [0.29, 0.717) is 0 Å². The molecular formula is C19H15N3O2. The van der Waals surface area contributed by atoms with Crippen LogP contribution < -0.4 is 5.56 Å². The molecule has 0 spiro atoms. The standard InChI is InChI=1S/C19H15N3O2/c1-22(19(24)16-10-11-17(23)21-20-16)18-14-8-4-2-6-12(14)13-7-3-5-9-15(13)18/h2-11,18H,1H3,(H,21,23). The summed E-state index contributed by atoms with van der Waals surface area (Å²) < 4.78 is 0. The van der Waals surface area contributed by atoms with Gasteiger partial charge in [-0.1, -0.05) is 48.5 Å². The number of nitrogens with zero attached hydrogens (tertiary/aromatic N) is 2. The molecule has 24 heavy (non-hydrogen) atoms. The van der Waals surface area contributed by atoms with Crippen molar-refractivity contribution >= 4 is 5.91 Å². The Bertz CT molecular complexity index is 928. The topological polar surface area (TPSA) is 66.1 Å². The zero-order valence-corrected chi connectivity index (χ0v) is 13.1. The highest BCUT2D eigenvalue weighted by molar-refractivity contribution is 5.93. The first kappa shape index (κ1) is 14.4. The van der Waals surface area contributed by atoms with Crippen molar-refractivity contribution in [2.24, 2.45) is 0 Å². The summed E-state index contributed by atoms with van der Waals surface area (Å²) in [5, 5.41) is 6.17. The van der Waals surface area contributed by atoms with E-state index in [4.69, 9.17) is 0 Å². The van der Waals surface area contributed by atoms with E-state index >= 15 is 0 Å². The average molecular weight is 317 g/mol. The highest BCUT2D eigenvalue weighted by Gasteiger charge is 2.33. The number of hydrogen-bond acceptors (Lipinski definition) is 3. The second kappa shape index (κ2) is 5.45. The van der Waals surface area contributed by atoms with Crippen molar-refractivity contribution in [3.8, 4) is 11.1 Å². The van der Waals surface area contributed by atoms with Gasteiger partial charge in [-0.2, -0.15) is 5.10 Å². The number of hydrogen-bond donors (Lipinski definition) is 1. The van der Waals surface area contributed by atoms with Gasteiger partial charge in [0.15, 0.2) is 0 Å². The minimum atomic E-state index is -0.328. The second-order valence-electron chi connectivity index (χ2n) is 5.80. The van der Waals surface area contributed by atoms with Gasteiger partial charge in [-0.15, -0.1) is 0 Å². The Morgan fingerprint density at radius 1 is 0.958 bits per heavy atom. The Kier molecular flexibility index (Phi) is 3.27. The van der Waals surface area contributed by atoms with Crippen LogP contribution in [-0.4, -0.2) is 28.1 Å². The molecule has 5 nitrogen and oxygen atoms in total. The molecule has 0 unspecified atom stereocenters. The maximum Gasteiger partial charge on any atom is 0.274 e. The lowest BCUT2D eigenvalue weighted by Gasteiger charge is -2.26. The highest BCUT2D eigenvalue weighted by atomic mass is 16.2. The van der Waals surface area contributed by atoms with Gasteiger partial charge in [-0.25, -0.2) is 5.10 Å². The lowest BCUT2D eigenvalue weighted by Crippen LogP contribution is -2.32. The summed E-state index contributed by atoms with van der Waals surface area (Å²) in [5.41, 5.74) is 4.38. The average Bonchev–Trinajstić information content (AvgIpc) is 2.96. The van der Waals surface area contributed by atoms with Crippen molar-refractivity contribution in [3.63, 3.8) is 0 Å². The van der Waals surface area contributed by atoms with Gasteiger partial charge in [-0.05, 0) is 28.3 Å². The Balaban J connectivity index is 1.79. The molecule has 5 heteroatoms. The van der Waals surface area contributed by atoms with Crippen molar-refractivity contribution in [1.29, 1.82) is 0 Å². The van der Waals surface area contributed by atoms with Crippen LogP contribution >= 0.6 is 0 Å². The number of fused-ring (bicyclic) bond motifs is 3. The molecule has 1 aliphatic carbocycles. The summed E-state index contributed by atoms with van der Waals surface area (Å²) in [5.74, 6) is -0.234. The normalized spacial score (nSPS) is 12.5. The number of amides is 1. The fraction of sp³-hybridized carbons (Fsp3) is 0.105. The van der Waals surface area contributed by atoms with Crippen LogP contribution in [0.3, 0.4) is 0 Å². The van der Waals surface area contributed by atoms with E-state index in [-0.39, 0.29) is 23.2 Å². The van der Waals surface area contributed by atoms with Crippen LogP contribution in [0.5, 0.6) is 0 Å². The molecule has 0 saturated carbocycles. The number of aromatic nitrogens is 2. The predicted molar refractivity (Wildman–Crippen MR) is 90.7 cm³/mol. The van der Waals surface area contributed by atoms with Crippen molar-refractivity contribution in [1.82, 2.24) is 15.1 Å². The second-order valence-corrected chi connectivity index (χ2v) is 5.80. The van der Waals surface area contributed by atoms with Gasteiger partial charge in [0, 0.05) is 13.1 Å². The van der Waals surface area contributed by atoms with E-state index < -0.39 is 0 Å². The molecule has 0 bridgehead atoms. The van der Waals surface area contributed by atoms with Crippen LogP contribution in [-0.2, 0) is 0 Å². The molecule has 118 valence electrons. The van der Waals surface area contributed by atoms with Crippen LogP contribution in [0.25, 0.3) is 11.1 Å². The van der Waals surface area contributed by atoms with Gasteiger partial charge in [0.05, 0.1) is 6.04 Å². The van der Waals surface area contributed by atoms with Crippen LogP contribution in [0, 0.1) is 0 Å². The third-order valence-electron chi connectivity index (χ3n) is 4.41. The van der Waals surface area contributed by atoms with Crippen molar-refractivity contribution in [2.45, 2.75) is 6.04 Å². The maximum atomic E-state index is 12.8. The van der Waals surface area contributed by atoms with Gasteiger partial charge in [0.2, 0.25) is 0 Å². The molecule has 0 radical (unpaired) electrons. The monoisotopic (exact) mass is 317 g/mol. The lowest BCUT2D eigenvalue weighted by atomic mass is 10.0. The molecule has 1 amide bonds. The molecule has 1 aliphatic rings. The maximum absolute atomic E-state index is 12.8. The molecule has 2 aromatic carbocycles. The first-order chi connectivity index (χ1) is 11.7. The highest BCUT2D eigenvalue weighted by Crippen LogP contribution is 2.45. The number of rotatable bonds is 2. The zero-order chi connectivity index (χ0) is 16.7. The molecule has 0 aliphatic heterocycles. The van der Waals surface area contributed by atoms with E-state index in [1.807, 2.05) is 36.4 Å². The fourth-order valence-corrected chi connectivity index (χ4v) is 3.31. The predicted octanol–water partition coefficient (Wildman–Crippen LogP) is 2.61. The van der Waals surface area contributed by atoms with Gasteiger partial charge < -0.3 is 4.90 Å². The van der Waals surface area contributed by atoms with Crippen LogP contribution in [0.15, 0.2) is 65.5 Å². The molecule has 0 atom stereocenters. The first-order valence-electron chi connectivity index (χ1n) is 7.68. The molecule has 4 rings (SSSR count). The van der Waals surface area contributed by atoms with Gasteiger partial charge in [0.25, 0.3) is 11.5 Å². The largest absolute Gasteiger partial charge is 0.329 e. The van der Waals surface area contributed by atoms with Crippen molar-refractivity contribution in [2.75, 3.05) is 7.05 Å². The SMILES string of the molecule is CN(C(=O)c1ccc(=O)[nH]n1)C1c2ccccc2-c2ccccc21. The third kappa shape index (κ3) is 2.13. The Morgan fingerprint density at radius 2 is 1.54 bits per heavy atom. The zero-order valence-electron chi connectivity index (χ0n) is 13.1. The number of carbonyl (C=O) groups is 1. The third-order valence-corrected chi connectivity index (χ3v) is 4.41. The van der Waals surface area contributed by atoms with E-state index in [2.05, 4.69) is 22.3 Å². The Morgan fingerprint density at radius 3 is 2.08 bits per heavy atom. The van der Waals surface area contributed by atoms with E-state index in [1.54, 1.807) is 11.9 Å². The summed E-state index contributed by atoms with van der Waals surface area (Å²) in [6, 6.07) is 18.8. The van der Waals surface area contributed by atoms with Gasteiger partial charge in [-0.3, -0.25) is 9.59 Å². The number of carbonyl (C=O) groups excluding carboxylic acids is 1. The lowest BCUT2D eigenvalue weighted by molar-refractivity contribution is 0.0750. The summed E-state index contributed by atoms with van der Waals surface area (Å²) in [4.78, 5) is 25.6. The molecule has 1 heterocycles. The number of H-pyrrole nitrogens is 1. The number of benzene rings is 2. The number of aromatic amines is 1. The molecule has 1 aromatic heterocycles. The summed E-state index contributed by atoms with van der Waals surface area (Å²) >= 11 is 0. The van der Waals surface area contributed by atoms with E-state index in [0.717, 1.165) is 22.3 Å². The summed E-state index contributed by atoms with van der Waals surface area (Å²) in [6.45, 7) is 0. The van der Waals surface area contributed by atoms with Crippen LogP contribution in [0.2, 0.25) is 0 Å². The summed E-state index contributed by atoms with van der Waals surface area (Å²) in [6.07, 6.45) is 0. The van der Waals surface area contributed by atoms with E-state index in [1.165, 1.54) is 12.1 Å². The van der Waals surface area contributed by atoms with Gasteiger partial charge >= 0.3 is 0 Å². The molecule has 3 aromatic rings. The minimum absolute atomic E-state index is 0.168. The Hall–Kier alpha value is -3.21. The Labute approximate surface area is 138 Å². The number of nitrogens with one attached hydrogen (secondary N) is 1. The molecule has 0 saturated heterocycles. The molecule has 0 fully saturated rings. The molecule has 1 N–H and O–H groups in total.